The van der Waals surface area contributed by atoms with E-state index < -0.39 is 6.10 Å². The minimum atomic E-state index is -0.443. The van der Waals surface area contributed by atoms with E-state index in [1.165, 1.54) is 5.56 Å². The predicted octanol–water partition coefficient (Wildman–Crippen LogP) is 4.30. The lowest BCUT2D eigenvalue weighted by atomic mass is 9.95. The lowest BCUT2D eigenvalue weighted by molar-refractivity contribution is -0.121. The Morgan fingerprint density at radius 3 is 2.79 bits per heavy atom. The Hall–Kier alpha value is -2.46. The molecule has 2 rings (SSSR count). The van der Waals surface area contributed by atoms with E-state index in [9.17, 15) is 14.7 Å². The molecule has 0 heterocycles. The molecule has 2 atom stereocenters. The second kappa shape index (κ2) is 12.9. The predicted molar refractivity (Wildman–Crippen MR) is 117 cm³/mol. The number of benzene rings is 1. The number of aliphatic hydroxyl groups is 1. The van der Waals surface area contributed by atoms with Gasteiger partial charge in [0.05, 0.1) is 6.10 Å². The molecule has 0 unspecified atom stereocenters. The first kappa shape index (κ1) is 22.8. The molecular weight excluding hydrogens is 362 g/mol. The van der Waals surface area contributed by atoms with Gasteiger partial charge in [0.15, 0.2) is 5.78 Å². The third-order valence-corrected chi connectivity index (χ3v) is 5.09. The average molecular weight is 396 g/mol. The molecule has 1 aliphatic carbocycles. The number of ketones is 1. The second-order valence-corrected chi connectivity index (χ2v) is 7.46. The standard InChI is InChI=1S/C25H33NO3/c1-2-26-25(29)13-9-4-3-8-12-21-15-19-24(28)23(21)18-17-22(27)16-14-20-10-6-5-7-11-20/h3,5-8,10-11,15,18-19,21-22,27H,2,4,9,12-14,16-17H2,1H3,(H,26,29)/b8-3-,23-18+/t21-,22-/m0/s1. The molecule has 0 saturated heterocycles. The smallest absolute Gasteiger partial charge is 0.219 e. The normalized spacial score (nSPS) is 18.6. The largest absolute Gasteiger partial charge is 0.393 e. The zero-order valence-corrected chi connectivity index (χ0v) is 17.3. The molecule has 0 radical (unpaired) electrons. The van der Waals surface area contributed by atoms with Gasteiger partial charge in [0.2, 0.25) is 5.91 Å². The van der Waals surface area contributed by atoms with Crippen LogP contribution in [-0.2, 0) is 16.0 Å². The number of allylic oxidation sites excluding steroid dienone is 5. The highest BCUT2D eigenvalue weighted by atomic mass is 16.3. The Balaban J connectivity index is 1.73. The van der Waals surface area contributed by atoms with Crippen LogP contribution in [-0.4, -0.2) is 29.4 Å². The molecule has 0 aliphatic heterocycles. The van der Waals surface area contributed by atoms with Crippen molar-refractivity contribution >= 4 is 11.7 Å². The van der Waals surface area contributed by atoms with Crippen LogP contribution in [0.15, 0.2) is 66.3 Å². The minimum Gasteiger partial charge on any atom is -0.393 e. The Morgan fingerprint density at radius 1 is 1.24 bits per heavy atom. The van der Waals surface area contributed by atoms with E-state index in [0.29, 0.717) is 25.8 Å². The summed E-state index contributed by atoms with van der Waals surface area (Å²) in [5, 5.41) is 13.1. The maximum Gasteiger partial charge on any atom is 0.219 e. The molecule has 2 N–H and O–H groups in total. The van der Waals surface area contributed by atoms with Gasteiger partial charge in [-0.15, -0.1) is 0 Å². The van der Waals surface area contributed by atoms with Crippen molar-refractivity contribution in [2.45, 2.75) is 58.0 Å². The molecular formula is C25H33NO3. The van der Waals surface area contributed by atoms with Crippen LogP contribution < -0.4 is 5.32 Å². The van der Waals surface area contributed by atoms with Gasteiger partial charge in [0.25, 0.3) is 0 Å². The van der Waals surface area contributed by atoms with Crippen LogP contribution in [0.4, 0.5) is 0 Å². The number of nitrogens with one attached hydrogen (secondary N) is 1. The van der Waals surface area contributed by atoms with E-state index in [4.69, 9.17) is 0 Å². The molecule has 1 aromatic rings. The minimum absolute atomic E-state index is 0.0508. The fourth-order valence-corrected chi connectivity index (χ4v) is 3.43. The quantitative estimate of drug-likeness (QED) is 0.315. The van der Waals surface area contributed by atoms with Gasteiger partial charge in [-0.2, -0.15) is 0 Å². The van der Waals surface area contributed by atoms with Gasteiger partial charge in [-0.25, -0.2) is 0 Å². The Morgan fingerprint density at radius 2 is 2.03 bits per heavy atom. The van der Waals surface area contributed by atoms with Gasteiger partial charge >= 0.3 is 0 Å². The number of carbonyl (C=O) groups excluding carboxylic acids is 2. The van der Waals surface area contributed by atoms with Crippen molar-refractivity contribution in [1.29, 1.82) is 0 Å². The summed E-state index contributed by atoms with van der Waals surface area (Å²) in [5.41, 5.74) is 2.00. The third-order valence-electron chi connectivity index (χ3n) is 5.09. The lowest BCUT2D eigenvalue weighted by Crippen LogP contribution is -2.21. The van der Waals surface area contributed by atoms with E-state index in [1.54, 1.807) is 6.08 Å². The number of unbranched alkanes of at least 4 members (excludes halogenated alkanes) is 1. The molecule has 156 valence electrons. The summed E-state index contributed by atoms with van der Waals surface area (Å²) in [4.78, 5) is 23.6. The first-order chi connectivity index (χ1) is 14.1. The number of rotatable bonds is 12. The molecule has 0 spiro atoms. The number of carbonyl (C=O) groups is 2. The zero-order valence-electron chi connectivity index (χ0n) is 17.3. The van der Waals surface area contributed by atoms with Crippen LogP contribution in [0, 0.1) is 5.92 Å². The van der Waals surface area contributed by atoms with Crippen molar-refractivity contribution < 1.29 is 14.7 Å². The van der Waals surface area contributed by atoms with Gasteiger partial charge in [0, 0.05) is 24.5 Å². The highest BCUT2D eigenvalue weighted by molar-refractivity contribution is 6.07. The van der Waals surface area contributed by atoms with Crippen LogP contribution in [0.5, 0.6) is 0 Å². The van der Waals surface area contributed by atoms with Gasteiger partial charge in [-0.3, -0.25) is 9.59 Å². The summed E-state index contributed by atoms with van der Waals surface area (Å²) in [7, 11) is 0. The van der Waals surface area contributed by atoms with Gasteiger partial charge in [0.1, 0.15) is 0 Å². The van der Waals surface area contributed by atoms with E-state index in [2.05, 4.69) is 29.6 Å². The van der Waals surface area contributed by atoms with E-state index in [1.807, 2.05) is 37.3 Å². The summed E-state index contributed by atoms with van der Waals surface area (Å²) >= 11 is 0. The zero-order chi connectivity index (χ0) is 20.9. The summed E-state index contributed by atoms with van der Waals surface area (Å²) in [6.07, 6.45) is 14.3. The molecule has 0 fully saturated rings. The van der Waals surface area contributed by atoms with Crippen molar-refractivity contribution in [1.82, 2.24) is 5.32 Å². The fraction of sp³-hybridized carbons (Fsp3) is 0.440. The molecule has 0 aromatic heterocycles. The maximum absolute atomic E-state index is 12.1. The topological polar surface area (TPSA) is 66.4 Å². The van der Waals surface area contributed by atoms with Crippen LogP contribution in [0.3, 0.4) is 0 Å². The van der Waals surface area contributed by atoms with Crippen molar-refractivity contribution in [2.24, 2.45) is 5.92 Å². The molecule has 1 amide bonds. The molecule has 0 saturated carbocycles. The van der Waals surface area contributed by atoms with E-state index in [0.717, 1.165) is 31.3 Å². The molecule has 29 heavy (non-hydrogen) atoms. The van der Waals surface area contributed by atoms with E-state index >= 15 is 0 Å². The fourth-order valence-electron chi connectivity index (χ4n) is 3.43. The number of aryl methyl sites for hydroxylation is 1. The first-order valence-electron chi connectivity index (χ1n) is 10.7. The Bertz CT molecular complexity index is 734. The molecule has 1 aromatic carbocycles. The van der Waals surface area contributed by atoms with Crippen LogP contribution in [0.1, 0.15) is 51.0 Å². The van der Waals surface area contributed by atoms with Crippen LogP contribution >= 0.6 is 0 Å². The molecule has 0 bridgehead atoms. The van der Waals surface area contributed by atoms with Gasteiger partial charge in [-0.1, -0.05) is 54.6 Å². The number of aliphatic hydroxyl groups excluding tert-OH is 1. The lowest BCUT2D eigenvalue weighted by Gasteiger charge is -2.11. The molecule has 1 aliphatic rings. The van der Waals surface area contributed by atoms with Crippen molar-refractivity contribution in [3.8, 4) is 0 Å². The van der Waals surface area contributed by atoms with Crippen molar-refractivity contribution in [2.75, 3.05) is 6.54 Å². The summed E-state index contributed by atoms with van der Waals surface area (Å²) in [5.74, 6) is 0.236. The first-order valence-corrected chi connectivity index (χ1v) is 10.7. The van der Waals surface area contributed by atoms with Gasteiger partial charge in [-0.05, 0) is 57.1 Å². The van der Waals surface area contributed by atoms with E-state index in [-0.39, 0.29) is 17.6 Å². The molecule has 4 nitrogen and oxygen atoms in total. The monoisotopic (exact) mass is 395 g/mol. The number of amides is 1. The van der Waals surface area contributed by atoms with Crippen LogP contribution in [0.25, 0.3) is 0 Å². The van der Waals surface area contributed by atoms with Crippen molar-refractivity contribution in [3.05, 3.63) is 71.8 Å². The average Bonchev–Trinajstić information content (AvgIpc) is 3.08. The van der Waals surface area contributed by atoms with Gasteiger partial charge < -0.3 is 10.4 Å². The van der Waals surface area contributed by atoms with Crippen LogP contribution in [0.2, 0.25) is 0 Å². The number of hydrogen-bond acceptors (Lipinski definition) is 3. The second-order valence-electron chi connectivity index (χ2n) is 7.46. The SMILES string of the molecule is CCNC(=O)CCC/C=C\C[C@H]1C=CC(=O)/C1=C/C[C@@H](O)CCc1ccccc1. The summed E-state index contributed by atoms with van der Waals surface area (Å²) < 4.78 is 0. The third kappa shape index (κ3) is 8.61. The highest BCUT2D eigenvalue weighted by Gasteiger charge is 2.21. The molecule has 4 heteroatoms. The maximum atomic E-state index is 12.1. The van der Waals surface area contributed by atoms with Crippen molar-refractivity contribution in [3.63, 3.8) is 0 Å². The highest BCUT2D eigenvalue weighted by Crippen LogP contribution is 2.26. The summed E-state index contributed by atoms with van der Waals surface area (Å²) in [6, 6.07) is 10.1. The summed E-state index contributed by atoms with van der Waals surface area (Å²) in [6.45, 7) is 2.59. The Kier molecular flexibility index (Phi) is 10.1. The Labute approximate surface area is 174 Å². The number of hydrogen-bond donors (Lipinski definition) is 2.